The van der Waals surface area contributed by atoms with E-state index in [1.54, 1.807) is 0 Å². The van der Waals surface area contributed by atoms with Crippen molar-refractivity contribution >= 4 is 11.7 Å². The molecule has 27 heavy (non-hydrogen) atoms. The summed E-state index contributed by atoms with van der Waals surface area (Å²) in [6.45, 7) is 2.93. The molecule has 140 valence electrons. The zero-order chi connectivity index (χ0) is 19.8. The highest BCUT2D eigenvalue weighted by Gasteiger charge is 2.34. The molecule has 0 saturated heterocycles. The maximum absolute atomic E-state index is 13.6. The summed E-state index contributed by atoms with van der Waals surface area (Å²) in [4.78, 5) is 19.8. The molecule has 2 aromatic heterocycles. The third-order valence-electron chi connectivity index (χ3n) is 3.95. The minimum Gasteiger partial charge on any atom is -0.307 e. The highest BCUT2D eigenvalue weighted by atomic mass is 19.4. The molecule has 0 atom stereocenters. The number of imidazole rings is 1. The molecular formula is C18H14F4N4O. The lowest BCUT2D eigenvalue weighted by atomic mass is 10.1. The minimum atomic E-state index is -4.54. The fraction of sp³-hybridized carbons (Fsp3) is 0.167. The van der Waals surface area contributed by atoms with Gasteiger partial charge in [-0.15, -0.1) is 0 Å². The first-order valence-corrected chi connectivity index (χ1v) is 7.83. The van der Waals surface area contributed by atoms with Crippen molar-refractivity contribution in [1.29, 1.82) is 0 Å². The number of amides is 1. The van der Waals surface area contributed by atoms with E-state index in [9.17, 15) is 22.4 Å². The number of hydrogen-bond donors (Lipinski definition) is 1. The SMILES string of the molecule is Cc1c(F)cccc1C(=O)Nc1ccc(-n2cc(C(F)(F)F)nc2C)cn1. The number of carbonyl (C=O) groups excluding carboxylic acids is 1. The molecular weight excluding hydrogens is 364 g/mol. The van der Waals surface area contributed by atoms with Crippen molar-refractivity contribution in [2.45, 2.75) is 20.0 Å². The van der Waals surface area contributed by atoms with Gasteiger partial charge in [-0.1, -0.05) is 6.07 Å². The van der Waals surface area contributed by atoms with Crippen molar-refractivity contribution in [1.82, 2.24) is 14.5 Å². The van der Waals surface area contributed by atoms with Crippen LogP contribution in [-0.2, 0) is 6.18 Å². The van der Waals surface area contributed by atoms with E-state index < -0.39 is 23.6 Å². The molecule has 0 unspecified atom stereocenters. The Morgan fingerprint density at radius 2 is 1.89 bits per heavy atom. The van der Waals surface area contributed by atoms with Crippen LogP contribution in [0.5, 0.6) is 0 Å². The molecule has 3 rings (SSSR count). The topological polar surface area (TPSA) is 59.8 Å². The summed E-state index contributed by atoms with van der Waals surface area (Å²) in [6, 6.07) is 7.09. The number of halogens is 4. The van der Waals surface area contributed by atoms with Crippen LogP contribution in [0, 0.1) is 19.7 Å². The second-order valence-corrected chi connectivity index (χ2v) is 5.81. The van der Waals surface area contributed by atoms with Gasteiger partial charge in [-0.3, -0.25) is 4.79 Å². The molecule has 0 radical (unpaired) electrons. The van der Waals surface area contributed by atoms with Gasteiger partial charge in [-0.2, -0.15) is 13.2 Å². The number of carbonyl (C=O) groups is 1. The monoisotopic (exact) mass is 378 g/mol. The van der Waals surface area contributed by atoms with Crippen LogP contribution >= 0.6 is 0 Å². The lowest BCUT2D eigenvalue weighted by molar-refractivity contribution is -0.141. The van der Waals surface area contributed by atoms with Crippen LogP contribution in [0.25, 0.3) is 5.69 Å². The smallest absolute Gasteiger partial charge is 0.307 e. The van der Waals surface area contributed by atoms with Gasteiger partial charge < -0.3 is 9.88 Å². The summed E-state index contributed by atoms with van der Waals surface area (Å²) in [6.07, 6.45) is -2.36. The van der Waals surface area contributed by atoms with Gasteiger partial charge in [0.15, 0.2) is 5.69 Å². The quantitative estimate of drug-likeness (QED) is 0.692. The van der Waals surface area contributed by atoms with Crippen LogP contribution in [-0.4, -0.2) is 20.4 Å². The average Bonchev–Trinajstić information content (AvgIpc) is 3.00. The predicted octanol–water partition coefficient (Wildman–Crippen LogP) is 4.29. The van der Waals surface area contributed by atoms with Gasteiger partial charge in [0.05, 0.1) is 11.9 Å². The van der Waals surface area contributed by atoms with E-state index >= 15 is 0 Å². The molecule has 1 aromatic carbocycles. The second kappa shape index (κ2) is 6.82. The van der Waals surface area contributed by atoms with Gasteiger partial charge in [0.2, 0.25) is 0 Å². The maximum atomic E-state index is 13.6. The predicted molar refractivity (Wildman–Crippen MR) is 90.2 cm³/mol. The Labute approximate surface area is 151 Å². The molecule has 0 aliphatic carbocycles. The van der Waals surface area contributed by atoms with Crippen LogP contribution in [0.2, 0.25) is 0 Å². The third-order valence-corrected chi connectivity index (χ3v) is 3.95. The average molecular weight is 378 g/mol. The van der Waals surface area contributed by atoms with Crippen LogP contribution in [0.15, 0.2) is 42.7 Å². The number of nitrogens with zero attached hydrogens (tertiary/aromatic N) is 3. The summed E-state index contributed by atoms with van der Waals surface area (Å²) >= 11 is 0. The summed E-state index contributed by atoms with van der Waals surface area (Å²) in [5.41, 5.74) is -0.268. The zero-order valence-corrected chi connectivity index (χ0v) is 14.3. The third kappa shape index (κ3) is 3.81. The first kappa shape index (κ1) is 18.6. The van der Waals surface area contributed by atoms with Gasteiger partial charge in [0.25, 0.3) is 5.91 Å². The Bertz CT molecular complexity index is 994. The van der Waals surface area contributed by atoms with Crippen molar-refractivity contribution in [3.8, 4) is 5.69 Å². The minimum absolute atomic E-state index is 0.149. The van der Waals surface area contributed by atoms with Crippen molar-refractivity contribution < 1.29 is 22.4 Å². The maximum Gasteiger partial charge on any atom is 0.434 e. The Kier molecular flexibility index (Phi) is 4.69. The fourth-order valence-corrected chi connectivity index (χ4v) is 2.51. The van der Waals surface area contributed by atoms with E-state index in [0.29, 0.717) is 5.69 Å². The molecule has 0 spiro atoms. The Hall–Kier alpha value is -3.23. The molecule has 5 nitrogen and oxygen atoms in total. The number of nitrogens with one attached hydrogen (secondary N) is 1. The molecule has 1 N–H and O–H groups in total. The molecule has 0 aliphatic rings. The standard InChI is InChI=1S/C18H14F4N4O/c1-10-13(4-3-5-14(10)19)17(27)25-16-7-6-12(8-23-16)26-9-15(18(20,21)22)24-11(26)2/h3-9H,1-2H3,(H,23,25,27). The molecule has 9 heteroatoms. The lowest BCUT2D eigenvalue weighted by Crippen LogP contribution is -2.15. The second-order valence-electron chi connectivity index (χ2n) is 5.81. The molecule has 0 aliphatic heterocycles. The normalized spacial score (nSPS) is 11.5. The summed E-state index contributed by atoms with van der Waals surface area (Å²) in [5, 5.41) is 2.53. The van der Waals surface area contributed by atoms with Crippen LogP contribution in [0.1, 0.15) is 27.4 Å². The Balaban J connectivity index is 1.81. The van der Waals surface area contributed by atoms with E-state index in [1.165, 1.54) is 54.9 Å². The van der Waals surface area contributed by atoms with Gasteiger partial charge in [0.1, 0.15) is 17.5 Å². The highest BCUT2D eigenvalue weighted by molar-refractivity contribution is 6.04. The number of rotatable bonds is 3. The van der Waals surface area contributed by atoms with Crippen LogP contribution in [0.3, 0.4) is 0 Å². The first-order chi connectivity index (χ1) is 12.7. The van der Waals surface area contributed by atoms with E-state index in [4.69, 9.17) is 0 Å². The van der Waals surface area contributed by atoms with Crippen LogP contribution in [0.4, 0.5) is 23.4 Å². The van der Waals surface area contributed by atoms with E-state index in [2.05, 4.69) is 15.3 Å². The first-order valence-electron chi connectivity index (χ1n) is 7.83. The van der Waals surface area contributed by atoms with E-state index in [1.807, 2.05) is 0 Å². The van der Waals surface area contributed by atoms with Crippen molar-refractivity contribution in [2.75, 3.05) is 5.32 Å². The number of aryl methyl sites for hydroxylation is 1. The summed E-state index contributed by atoms with van der Waals surface area (Å²) in [5.74, 6) is -0.704. The Morgan fingerprint density at radius 3 is 2.48 bits per heavy atom. The lowest BCUT2D eigenvalue weighted by Gasteiger charge is -2.09. The number of hydrogen-bond acceptors (Lipinski definition) is 3. The Morgan fingerprint density at radius 1 is 1.15 bits per heavy atom. The van der Waals surface area contributed by atoms with Gasteiger partial charge in [-0.25, -0.2) is 14.4 Å². The molecule has 0 saturated carbocycles. The molecule has 3 aromatic rings. The van der Waals surface area contributed by atoms with Gasteiger partial charge >= 0.3 is 6.18 Å². The number of anilines is 1. The number of aromatic nitrogens is 3. The van der Waals surface area contributed by atoms with E-state index in [0.717, 1.165) is 6.20 Å². The van der Waals surface area contributed by atoms with Crippen LogP contribution < -0.4 is 5.32 Å². The molecule has 2 heterocycles. The van der Waals surface area contributed by atoms with Crippen molar-refractivity contribution in [3.05, 3.63) is 71.2 Å². The molecule has 0 fully saturated rings. The molecule has 1 amide bonds. The van der Waals surface area contributed by atoms with Gasteiger partial charge in [0, 0.05) is 11.8 Å². The largest absolute Gasteiger partial charge is 0.434 e. The van der Waals surface area contributed by atoms with Gasteiger partial charge in [-0.05, 0) is 43.7 Å². The summed E-state index contributed by atoms with van der Waals surface area (Å²) < 4.78 is 53.1. The fourth-order valence-electron chi connectivity index (χ4n) is 2.51. The number of alkyl halides is 3. The van der Waals surface area contributed by atoms with E-state index in [-0.39, 0.29) is 22.8 Å². The van der Waals surface area contributed by atoms with Crippen molar-refractivity contribution in [2.24, 2.45) is 0 Å². The van der Waals surface area contributed by atoms with Crippen molar-refractivity contribution in [3.63, 3.8) is 0 Å². The number of benzene rings is 1. The summed E-state index contributed by atoms with van der Waals surface area (Å²) in [7, 11) is 0. The molecule has 0 bridgehead atoms. The number of pyridine rings is 1. The highest BCUT2D eigenvalue weighted by Crippen LogP contribution is 2.29. The zero-order valence-electron chi connectivity index (χ0n) is 14.3.